The van der Waals surface area contributed by atoms with Crippen LogP contribution in [0.2, 0.25) is 0 Å². The molecule has 1 aromatic rings. The van der Waals surface area contributed by atoms with Crippen molar-refractivity contribution in [1.82, 2.24) is 10.2 Å². The minimum Gasteiger partial charge on any atom is -0.481 e. The quantitative estimate of drug-likeness (QED) is 0.463. The van der Waals surface area contributed by atoms with Crippen LogP contribution in [0.4, 0.5) is 0 Å². The van der Waals surface area contributed by atoms with Gasteiger partial charge >= 0.3 is 11.9 Å². The monoisotopic (exact) mass is 336 g/mol. The Balaban J connectivity index is 2.44. The minimum absolute atomic E-state index is 0.0889. The molecule has 1 amide bonds. The number of rotatable bonds is 11. The average Bonchev–Trinajstić information content (AvgIpc) is 2.58. The molecule has 0 heterocycles. The van der Waals surface area contributed by atoms with Crippen molar-refractivity contribution in [2.24, 2.45) is 0 Å². The van der Waals surface area contributed by atoms with Crippen LogP contribution < -0.4 is 5.32 Å². The average molecular weight is 336 g/mol. The largest absolute Gasteiger partial charge is 0.481 e. The fourth-order valence-corrected chi connectivity index (χ4v) is 2.10. The number of methoxy groups -OCH3 is 1. The molecule has 1 rings (SSSR count). The lowest BCUT2D eigenvalue weighted by Crippen LogP contribution is -2.34. The second kappa shape index (κ2) is 11.2. The van der Waals surface area contributed by atoms with E-state index in [2.05, 4.69) is 10.1 Å². The molecule has 0 aliphatic rings. The van der Waals surface area contributed by atoms with Crippen LogP contribution >= 0.6 is 0 Å². The van der Waals surface area contributed by atoms with Gasteiger partial charge in [-0.05, 0) is 5.56 Å². The van der Waals surface area contributed by atoms with Crippen molar-refractivity contribution in [2.45, 2.75) is 25.8 Å². The van der Waals surface area contributed by atoms with E-state index in [0.29, 0.717) is 19.6 Å². The van der Waals surface area contributed by atoms with Gasteiger partial charge in [-0.25, -0.2) is 0 Å². The van der Waals surface area contributed by atoms with E-state index in [1.54, 1.807) is 4.90 Å². The fraction of sp³-hybridized carbons (Fsp3) is 0.471. The zero-order chi connectivity index (χ0) is 17.8. The summed E-state index contributed by atoms with van der Waals surface area (Å²) < 4.78 is 4.53. The Morgan fingerprint density at radius 3 is 2.38 bits per heavy atom. The fourth-order valence-electron chi connectivity index (χ4n) is 2.10. The van der Waals surface area contributed by atoms with Gasteiger partial charge in [0.1, 0.15) is 0 Å². The zero-order valence-corrected chi connectivity index (χ0v) is 13.9. The molecule has 0 spiro atoms. The summed E-state index contributed by atoms with van der Waals surface area (Å²) in [6, 6.07) is 9.44. The molecule has 1 aromatic carbocycles. The molecule has 0 radical (unpaired) electrons. The molecule has 0 unspecified atom stereocenters. The highest BCUT2D eigenvalue weighted by molar-refractivity contribution is 5.77. The third-order valence-electron chi connectivity index (χ3n) is 3.41. The summed E-state index contributed by atoms with van der Waals surface area (Å²) in [5, 5.41) is 11.8. The van der Waals surface area contributed by atoms with Crippen molar-refractivity contribution in [3.05, 3.63) is 35.9 Å². The number of carbonyl (C=O) groups excluding carboxylic acids is 2. The summed E-state index contributed by atoms with van der Waals surface area (Å²) in [4.78, 5) is 35.6. The van der Waals surface area contributed by atoms with Crippen molar-refractivity contribution in [3.8, 4) is 0 Å². The van der Waals surface area contributed by atoms with E-state index in [9.17, 15) is 14.4 Å². The van der Waals surface area contributed by atoms with Gasteiger partial charge in [0.25, 0.3) is 0 Å². The van der Waals surface area contributed by atoms with Gasteiger partial charge in [-0.1, -0.05) is 30.3 Å². The number of carboxylic acid groups (broad SMARTS) is 1. The molecule has 0 saturated carbocycles. The van der Waals surface area contributed by atoms with Crippen molar-refractivity contribution in [1.29, 1.82) is 0 Å². The molecule has 0 fully saturated rings. The van der Waals surface area contributed by atoms with Crippen molar-refractivity contribution in [2.75, 3.05) is 26.7 Å². The lowest BCUT2D eigenvalue weighted by molar-refractivity contribution is -0.140. The Morgan fingerprint density at radius 1 is 1.08 bits per heavy atom. The van der Waals surface area contributed by atoms with E-state index in [4.69, 9.17) is 5.11 Å². The number of hydrogen-bond acceptors (Lipinski definition) is 5. The molecule has 0 atom stereocenters. The minimum atomic E-state index is -0.933. The van der Waals surface area contributed by atoms with Crippen molar-refractivity contribution in [3.63, 3.8) is 0 Å². The first-order valence-electron chi connectivity index (χ1n) is 7.84. The van der Waals surface area contributed by atoms with E-state index < -0.39 is 5.97 Å². The van der Waals surface area contributed by atoms with E-state index >= 15 is 0 Å². The third-order valence-corrected chi connectivity index (χ3v) is 3.41. The Morgan fingerprint density at radius 2 is 1.75 bits per heavy atom. The number of esters is 1. The number of amides is 1. The third kappa shape index (κ3) is 8.28. The predicted molar refractivity (Wildman–Crippen MR) is 88.2 cm³/mol. The van der Waals surface area contributed by atoms with Gasteiger partial charge in [0.05, 0.1) is 20.0 Å². The molecule has 2 N–H and O–H groups in total. The van der Waals surface area contributed by atoms with Crippen molar-refractivity contribution >= 4 is 17.8 Å². The van der Waals surface area contributed by atoms with Gasteiger partial charge in [0.15, 0.2) is 0 Å². The van der Waals surface area contributed by atoms with Crippen LogP contribution in [0.15, 0.2) is 30.3 Å². The lowest BCUT2D eigenvalue weighted by Gasteiger charge is -2.22. The molecule has 0 saturated heterocycles. The summed E-state index contributed by atoms with van der Waals surface area (Å²) >= 11 is 0. The smallest absolute Gasteiger partial charge is 0.306 e. The van der Waals surface area contributed by atoms with Crippen LogP contribution in [0, 0.1) is 0 Å². The molecule has 132 valence electrons. The van der Waals surface area contributed by atoms with E-state index in [-0.39, 0.29) is 37.7 Å². The van der Waals surface area contributed by atoms with Crippen LogP contribution in [-0.2, 0) is 25.7 Å². The van der Waals surface area contributed by atoms with E-state index in [0.717, 1.165) is 5.56 Å². The van der Waals surface area contributed by atoms with E-state index in [1.165, 1.54) is 7.11 Å². The van der Waals surface area contributed by atoms with Gasteiger partial charge in [0.2, 0.25) is 5.91 Å². The summed E-state index contributed by atoms with van der Waals surface area (Å²) in [7, 11) is 1.33. The van der Waals surface area contributed by atoms with Gasteiger partial charge in [-0.2, -0.15) is 0 Å². The number of hydrogen-bond donors (Lipinski definition) is 2. The predicted octanol–water partition coefficient (Wildman–Crippen LogP) is 1.03. The molecule has 0 bridgehead atoms. The maximum Gasteiger partial charge on any atom is 0.306 e. The normalized spacial score (nSPS) is 10.2. The molecule has 7 nitrogen and oxygen atoms in total. The summed E-state index contributed by atoms with van der Waals surface area (Å²) in [6.07, 6.45) is 0.402. The van der Waals surface area contributed by atoms with Crippen LogP contribution in [0.5, 0.6) is 0 Å². The van der Waals surface area contributed by atoms with Crippen LogP contribution in [0.1, 0.15) is 24.8 Å². The number of nitrogens with one attached hydrogen (secondary N) is 1. The first kappa shape index (κ1) is 19.6. The second-order valence-corrected chi connectivity index (χ2v) is 5.27. The van der Waals surface area contributed by atoms with Crippen molar-refractivity contribution < 1.29 is 24.2 Å². The SMILES string of the molecule is COC(=O)CCNCCC(=O)N(CCC(=O)O)Cc1ccccc1. The maximum atomic E-state index is 12.3. The highest BCUT2D eigenvalue weighted by atomic mass is 16.5. The number of nitrogens with zero attached hydrogens (tertiary/aromatic N) is 1. The second-order valence-electron chi connectivity index (χ2n) is 5.27. The summed E-state index contributed by atoms with van der Waals surface area (Å²) in [5.74, 6) is -1.36. The van der Waals surface area contributed by atoms with Gasteiger partial charge in [-0.3, -0.25) is 14.4 Å². The zero-order valence-electron chi connectivity index (χ0n) is 13.9. The molecular weight excluding hydrogens is 312 g/mol. The number of aliphatic carboxylic acids is 1. The van der Waals surface area contributed by atoms with Crippen LogP contribution in [-0.4, -0.2) is 54.6 Å². The first-order chi connectivity index (χ1) is 11.5. The highest BCUT2D eigenvalue weighted by Gasteiger charge is 2.15. The highest BCUT2D eigenvalue weighted by Crippen LogP contribution is 2.07. The summed E-state index contributed by atoms with van der Waals surface area (Å²) in [6.45, 7) is 1.42. The number of carboxylic acids is 1. The van der Waals surface area contributed by atoms with Crippen LogP contribution in [0.25, 0.3) is 0 Å². The number of benzene rings is 1. The van der Waals surface area contributed by atoms with Gasteiger partial charge < -0.3 is 20.1 Å². The Kier molecular flexibility index (Phi) is 9.14. The number of carbonyl (C=O) groups is 3. The Labute approximate surface area is 141 Å². The molecular formula is C17H24N2O5. The molecule has 0 aliphatic heterocycles. The Bertz CT molecular complexity index is 533. The summed E-state index contributed by atoms with van der Waals surface area (Å²) in [5.41, 5.74) is 0.954. The lowest BCUT2D eigenvalue weighted by atomic mass is 10.2. The molecule has 0 aliphatic carbocycles. The molecule has 0 aromatic heterocycles. The van der Waals surface area contributed by atoms with Gasteiger partial charge in [-0.15, -0.1) is 0 Å². The maximum absolute atomic E-state index is 12.3. The Hall–Kier alpha value is -2.41. The van der Waals surface area contributed by atoms with Gasteiger partial charge in [0, 0.05) is 32.6 Å². The van der Waals surface area contributed by atoms with Crippen LogP contribution in [0.3, 0.4) is 0 Å². The standard InChI is InChI=1S/C17H24N2O5/c1-24-17(23)8-11-18-10-7-15(20)19(12-9-16(21)22)13-14-5-3-2-4-6-14/h2-6,18H,7-13H2,1H3,(H,21,22). The van der Waals surface area contributed by atoms with E-state index in [1.807, 2.05) is 30.3 Å². The number of ether oxygens (including phenoxy) is 1. The molecule has 7 heteroatoms. The topological polar surface area (TPSA) is 95.9 Å². The first-order valence-corrected chi connectivity index (χ1v) is 7.84. The molecule has 24 heavy (non-hydrogen) atoms.